The first-order valence-corrected chi connectivity index (χ1v) is 5.23. The zero-order valence-electron chi connectivity index (χ0n) is 6.87. The van der Waals surface area contributed by atoms with Crippen molar-refractivity contribution >= 4 is 15.9 Å². The first kappa shape index (κ1) is 8.94. The van der Waals surface area contributed by atoms with E-state index in [1.54, 1.807) is 0 Å². The maximum Gasteiger partial charge on any atom is 0.0960 e. The van der Waals surface area contributed by atoms with Crippen LogP contribution in [-0.4, -0.2) is 43.5 Å². The van der Waals surface area contributed by atoms with Gasteiger partial charge >= 0.3 is 0 Å². The SMILES string of the molecule is BrC1COCC1OC1CCOC1. The summed E-state index contributed by atoms with van der Waals surface area (Å²) in [5.41, 5.74) is 0. The fraction of sp³-hybridized carbons (Fsp3) is 1.00. The fourth-order valence-electron chi connectivity index (χ4n) is 1.50. The van der Waals surface area contributed by atoms with E-state index < -0.39 is 0 Å². The van der Waals surface area contributed by atoms with E-state index in [9.17, 15) is 0 Å². The topological polar surface area (TPSA) is 27.7 Å². The van der Waals surface area contributed by atoms with Crippen LogP contribution in [0.25, 0.3) is 0 Å². The molecule has 70 valence electrons. The Morgan fingerprint density at radius 1 is 1.17 bits per heavy atom. The molecular formula is C8H13BrO3. The minimum absolute atomic E-state index is 0.219. The number of rotatable bonds is 2. The Bertz CT molecular complexity index is 147. The van der Waals surface area contributed by atoms with Crippen LogP contribution in [0.3, 0.4) is 0 Å². The molecular weight excluding hydrogens is 224 g/mol. The van der Waals surface area contributed by atoms with Gasteiger partial charge < -0.3 is 14.2 Å². The van der Waals surface area contributed by atoms with Crippen LogP contribution in [-0.2, 0) is 14.2 Å². The second-order valence-electron chi connectivity index (χ2n) is 3.21. The summed E-state index contributed by atoms with van der Waals surface area (Å²) < 4.78 is 16.3. The average molecular weight is 237 g/mol. The largest absolute Gasteiger partial charge is 0.379 e. The normalized spacial score (nSPS) is 42.2. The Kier molecular flexibility index (Phi) is 3.01. The highest BCUT2D eigenvalue weighted by Crippen LogP contribution is 2.21. The molecule has 3 atom stereocenters. The zero-order valence-corrected chi connectivity index (χ0v) is 8.46. The molecule has 12 heavy (non-hydrogen) atoms. The lowest BCUT2D eigenvalue weighted by Crippen LogP contribution is -2.28. The second-order valence-corrected chi connectivity index (χ2v) is 4.39. The van der Waals surface area contributed by atoms with Crippen LogP contribution in [0.2, 0.25) is 0 Å². The van der Waals surface area contributed by atoms with E-state index >= 15 is 0 Å². The molecule has 2 saturated heterocycles. The lowest BCUT2D eigenvalue weighted by atomic mass is 10.3. The number of halogens is 1. The van der Waals surface area contributed by atoms with Gasteiger partial charge in [0.15, 0.2) is 0 Å². The van der Waals surface area contributed by atoms with Crippen molar-refractivity contribution in [1.82, 2.24) is 0 Å². The molecule has 0 spiro atoms. The molecule has 0 radical (unpaired) electrons. The van der Waals surface area contributed by atoms with Gasteiger partial charge in [-0.25, -0.2) is 0 Å². The molecule has 2 aliphatic rings. The van der Waals surface area contributed by atoms with E-state index in [4.69, 9.17) is 14.2 Å². The molecule has 2 rings (SSSR count). The zero-order chi connectivity index (χ0) is 8.39. The number of hydrogen-bond acceptors (Lipinski definition) is 3. The summed E-state index contributed by atoms with van der Waals surface area (Å²) in [4.78, 5) is 0.359. The number of hydrogen-bond donors (Lipinski definition) is 0. The maximum atomic E-state index is 5.79. The van der Waals surface area contributed by atoms with Crippen LogP contribution < -0.4 is 0 Å². The standard InChI is InChI=1S/C8H13BrO3/c9-7-4-11-5-8(7)12-6-1-2-10-3-6/h6-8H,1-5H2. The second kappa shape index (κ2) is 4.05. The van der Waals surface area contributed by atoms with Gasteiger partial charge in [0.05, 0.1) is 36.9 Å². The van der Waals surface area contributed by atoms with Gasteiger partial charge in [-0.15, -0.1) is 0 Å². The van der Waals surface area contributed by atoms with Gasteiger partial charge in [0.25, 0.3) is 0 Å². The molecule has 0 saturated carbocycles. The van der Waals surface area contributed by atoms with Gasteiger partial charge in [-0.1, -0.05) is 15.9 Å². The van der Waals surface area contributed by atoms with Crippen LogP contribution in [0.5, 0.6) is 0 Å². The van der Waals surface area contributed by atoms with Crippen molar-refractivity contribution in [2.75, 3.05) is 26.4 Å². The summed E-state index contributed by atoms with van der Waals surface area (Å²) in [7, 11) is 0. The molecule has 0 aromatic heterocycles. The van der Waals surface area contributed by atoms with Gasteiger partial charge in [-0.05, 0) is 6.42 Å². The van der Waals surface area contributed by atoms with Crippen LogP contribution in [0.15, 0.2) is 0 Å². The summed E-state index contributed by atoms with van der Waals surface area (Å²) in [5.74, 6) is 0. The highest BCUT2D eigenvalue weighted by Gasteiger charge is 2.30. The maximum absolute atomic E-state index is 5.79. The van der Waals surface area contributed by atoms with E-state index in [0.29, 0.717) is 11.4 Å². The quantitative estimate of drug-likeness (QED) is 0.669. The minimum atomic E-state index is 0.219. The summed E-state index contributed by atoms with van der Waals surface area (Å²) >= 11 is 3.52. The smallest absolute Gasteiger partial charge is 0.0960 e. The van der Waals surface area contributed by atoms with Crippen molar-refractivity contribution < 1.29 is 14.2 Å². The first-order chi connectivity index (χ1) is 5.86. The molecule has 0 aromatic rings. The van der Waals surface area contributed by atoms with Gasteiger partial charge in [0, 0.05) is 6.61 Å². The molecule has 3 nitrogen and oxygen atoms in total. The Balaban J connectivity index is 1.77. The molecule has 2 heterocycles. The van der Waals surface area contributed by atoms with Crippen molar-refractivity contribution in [3.63, 3.8) is 0 Å². The summed E-state index contributed by atoms with van der Waals surface area (Å²) in [6.07, 6.45) is 1.53. The van der Waals surface area contributed by atoms with E-state index in [1.165, 1.54) is 0 Å². The Hall–Kier alpha value is 0.360. The summed E-state index contributed by atoms with van der Waals surface area (Å²) in [5, 5.41) is 0. The fourth-order valence-corrected chi connectivity index (χ4v) is 1.96. The highest BCUT2D eigenvalue weighted by molar-refractivity contribution is 9.09. The predicted octanol–water partition coefficient (Wildman–Crippen LogP) is 0.954. The summed E-state index contributed by atoms with van der Waals surface area (Å²) in [6.45, 7) is 3.06. The van der Waals surface area contributed by atoms with E-state index in [1.807, 2.05) is 0 Å². The Labute approximate surface area is 80.5 Å². The molecule has 4 heteroatoms. The van der Waals surface area contributed by atoms with Crippen LogP contribution in [0.4, 0.5) is 0 Å². The Morgan fingerprint density at radius 2 is 2.08 bits per heavy atom. The van der Waals surface area contributed by atoms with E-state index in [2.05, 4.69) is 15.9 Å². The first-order valence-electron chi connectivity index (χ1n) is 4.31. The molecule has 0 aliphatic carbocycles. The minimum Gasteiger partial charge on any atom is -0.379 e. The molecule has 0 amide bonds. The lowest BCUT2D eigenvalue weighted by molar-refractivity contribution is -0.0166. The van der Waals surface area contributed by atoms with Gasteiger partial charge in [0.2, 0.25) is 0 Å². The lowest BCUT2D eigenvalue weighted by Gasteiger charge is -2.17. The van der Waals surface area contributed by atoms with E-state index in [-0.39, 0.29) is 12.2 Å². The predicted molar refractivity (Wildman–Crippen MR) is 47.6 cm³/mol. The van der Waals surface area contributed by atoms with Crippen molar-refractivity contribution in [3.8, 4) is 0 Å². The van der Waals surface area contributed by atoms with Crippen LogP contribution in [0, 0.1) is 0 Å². The highest BCUT2D eigenvalue weighted by atomic mass is 79.9. The number of alkyl halides is 1. The molecule has 2 aliphatic heterocycles. The van der Waals surface area contributed by atoms with E-state index in [0.717, 1.165) is 26.2 Å². The third kappa shape index (κ3) is 1.99. The molecule has 0 bridgehead atoms. The van der Waals surface area contributed by atoms with Crippen molar-refractivity contribution in [2.24, 2.45) is 0 Å². The molecule has 2 fully saturated rings. The van der Waals surface area contributed by atoms with Gasteiger partial charge in [0.1, 0.15) is 0 Å². The third-order valence-electron chi connectivity index (χ3n) is 2.22. The third-order valence-corrected chi connectivity index (χ3v) is 3.07. The van der Waals surface area contributed by atoms with Gasteiger partial charge in [-0.3, -0.25) is 0 Å². The summed E-state index contributed by atoms with van der Waals surface area (Å²) in [6, 6.07) is 0. The average Bonchev–Trinajstić information content (AvgIpc) is 2.65. The monoisotopic (exact) mass is 236 g/mol. The van der Waals surface area contributed by atoms with Crippen molar-refractivity contribution in [3.05, 3.63) is 0 Å². The van der Waals surface area contributed by atoms with Crippen LogP contribution in [0.1, 0.15) is 6.42 Å². The van der Waals surface area contributed by atoms with Crippen LogP contribution >= 0.6 is 15.9 Å². The number of ether oxygens (including phenoxy) is 3. The Morgan fingerprint density at radius 3 is 2.67 bits per heavy atom. The molecule has 0 N–H and O–H groups in total. The molecule has 0 aromatic carbocycles. The van der Waals surface area contributed by atoms with Crippen molar-refractivity contribution in [2.45, 2.75) is 23.5 Å². The van der Waals surface area contributed by atoms with Gasteiger partial charge in [-0.2, -0.15) is 0 Å². The molecule has 3 unspecified atom stereocenters. The van der Waals surface area contributed by atoms with Crippen molar-refractivity contribution in [1.29, 1.82) is 0 Å².